The maximum Gasteiger partial charge on any atom is 0.157 e. The van der Waals surface area contributed by atoms with Crippen molar-refractivity contribution in [2.75, 3.05) is 0 Å². The fraction of sp³-hybridized carbons (Fsp3) is 0.812. The maximum absolute atomic E-state index is 4.80. The van der Waals surface area contributed by atoms with Crippen LogP contribution in [0.4, 0.5) is 0 Å². The van der Waals surface area contributed by atoms with Crippen molar-refractivity contribution in [2.24, 2.45) is 16.9 Å². The lowest BCUT2D eigenvalue weighted by molar-refractivity contribution is 0.346. The van der Waals surface area contributed by atoms with Gasteiger partial charge in [-0.25, -0.2) is 4.68 Å². The first-order chi connectivity index (χ1) is 9.81. The van der Waals surface area contributed by atoms with Crippen LogP contribution in [0.3, 0.4) is 0 Å². The highest BCUT2D eigenvalue weighted by molar-refractivity contribution is 5.60. The van der Waals surface area contributed by atoms with E-state index in [1.165, 1.54) is 51.4 Å². The van der Waals surface area contributed by atoms with Gasteiger partial charge in [0.15, 0.2) is 11.6 Å². The van der Waals surface area contributed by atoms with Crippen molar-refractivity contribution in [3.8, 4) is 0 Å². The predicted molar refractivity (Wildman–Crippen MR) is 79.0 cm³/mol. The summed E-state index contributed by atoms with van der Waals surface area (Å²) < 4.78 is 2.09. The number of rotatable bonds is 4. The third-order valence-corrected chi connectivity index (χ3v) is 5.03. The van der Waals surface area contributed by atoms with E-state index < -0.39 is 0 Å². The van der Waals surface area contributed by atoms with Gasteiger partial charge in [0.2, 0.25) is 0 Å². The molecule has 0 aliphatic heterocycles. The van der Waals surface area contributed by atoms with Crippen LogP contribution >= 0.6 is 0 Å². The van der Waals surface area contributed by atoms with Crippen LogP contribution in [-0.4, -0.2) is 21.1 Å². The Kier molecular flexibility index (Phi) is 3.12. The van der Waals surface area contributed by atoms with Crippen molar-refractivity contribution in [2.45, 2.75) is 70.1 Å². The molecule has 1 aromatic rings. The molecule has 0 unspecified atom stereocenters. The highest BCUT2D eigenvalue weighted by Gasteiger charge is 2.35. The number of nitrogens with zero attached hydrogens (tertiary/aromatic N) is 4. The Bertz CT molecular complexity index is 473. The van der Waals surface area contributed by atoms with Gasteiger partial charge in [-0.05, 0) is 50.4 Å². The molecule has 0 amide bonds. The maximum atomic E-state index is 4.80. The fourth-order valence-corrected chi connectivity index (χ4v) is 3.21. The minimum Gasteiger partial charge on any atom is -0.201 e. The Morgan fingerprint density at radius 2 is 1.45 bits per heavy atom. The molecule has 0 spiro atoms. The molecule has 3 aliphatic rings. The van der Waals surface area contributed by atoms with Crippen molar-refractivity contribution in [1.82, 2.24) is 14.9 Å². The Labute approximate surface area is 120 Å². The van der Waals surface area contributed by atoms with Crippen LogP contribution in [0.15, 0.2) is 5.10 Å². The zero-order valence-corrected chi connectivity index (χ0v) is 12.3. The lowest BCUT2D eigenvalue weighted by Gasteiger charge is -2.22. The smallest absolute Gasteiger partial charge is 0.157 e. The molecule has 4 heteroatoms. The zero-order chi connectivity index (χ0) is 13.5. The van der Waals surface area contributed by atoms with Crippen LogP contribution in [-0.2, 0) is 0 Å². The SMILES string of the molecule is CC1CCC(/C=N/n2c(C3CC3)nnc2C2CC2)CC1. The highest BCUT2D eigenvalue weighted by Crippen LogP contribution is 2.43. The largest absolute Gasteiger partial charge is 0.201 e. The topological polar surface area (TPSA) is 43.1 Å². The molecule has 0 N–H and O–H groups in total. The van der Waals surface area contributed by atoms with Crippen LogP contribution in [0.1, 0.15) is 81.8 Å². The Morgan fingerprint density at radius 3 is 1.95 bits per heavy atom. The third-order valence-electron chi connectivity index (χ3n) is 5.03. The summed E-state index contributed by atoms with van der Waals surface area (Å²) in [6, 6.07) is 0. The van der Waals surface area contributed by atoms with Crippen molar-refractivity contribution in [1.29, 1.82) is 0 Å². The minimum atomic E-state index is 0.624. The van der Waals surface area contributed by atoms with E-state index in [1.807, 2.05) is 0 Å². The first-order valence-corrected chi connectivity index (χ1v) is 8.31. The number of hydrogen-bond acceptors (Lipinski definition) is 3. The van der Waals surface area contributed by atoms with Crippen LogP contribution in [0, 0.1) is 11.8 Å². The molecule has 0 aromatic carbocycles. The van der Waals surface area contributed by atoms with Gasteiger partial charge < -0.3 is 0 Å². The average molecular weight is 272 g/mol. The van der Waals surface area contributed by atoms with Gasteiger partial charge in [0.25, 0.3) is 0 Å². The van der Waals surface area contributed by atoms with Gasteiger partial charge in [-0.3, -0.25) is 0 Å². The van der Waals surface area contributed by atoms with Crippen LogP contribution in [0.2, 0.25) is 0 Å². The monoisotopic (exact) mass is 272 g/mol. The average Bonchev–Trinajstić information content (AvgIpc) is 3.37. The van der Waals surface area contributed by atoms with Crippen molar-refractivity contribution in [3.05, 3.63) is 11.6 Å². The molecule has 0 atom stereocenters. The van der Waals surface area contributed by atoms with E-state index in [0.29, 0.717) is 17.8 Å². The molecule has 3 fully saturated rings. The van der Waals surface area contributed by atoms with E-state index in [9.17, 15) is 0 Å². The summed E-state index contributed by atoms with van der Waals surface area (Å²) in [6.45, 7) is 2.36. The van der Waals surface area contributed by atoms with Gasteiger partial charge in [0, 0.05) is 18.1 Å². The summed E-state index contributed by atoms with van der Waals surface area (Å²) >= 11 is 0. The van der Waals surface area contributed by atoms with Gasteiger partial charge in [-0.1, -0.05) is 19.8 Å². The Morgan fingerprint density at radius 1 is 0.900 bits per heavy atom. The first-order valence-electron chi connectivity index (χ1n) is 8.31. The number of hydrogen-bond donors (Lipinski definition) is 0. The quantitative estimate of drug-likeness (QED) is 0.784. The molecule has 1 aromatic heterocycles. The highest BCUT2D eigenvalue weighted by atomic mass is 15.5. The van der Waals surface area contributed by atoms with Gasteiger partial charge in [-0.2, -0.15) is 5.10 Å². The molecule has 1 heterocycles. The molecule has 108 valence electrons. The van der Waals surface area contributed by atoms with E-state index in [1.54, 1.807) is 0 Å². The first kappa shape index (κ1) is 12.5. The molecule has 0 saturated heterocycles. The van der Waals surface area contributed by atoms with Gasteiger partial charge in [-0.15, -0.1) is 10.2 Å². The van der Waals surface area contributed by atoms with Crippen LogP contribution in [0.5, 0.6) is 0 Å². The molecule has 4 rings (SSSR count). The van der Waals surface area contributed by atoms with Crippen LogP contribution < -0.4 is 0 Å². The second kappa shape index (κ2) is 4.97. The van der Waals surface area contributed by atoms with Crippen molar-refractivity contribution >= 4 is 6.21 Å². The van der Waals surface area contributed by atoms with Crippen molar-refractivity contribution in [3.63, 3.8) is 0 Å². The van der Waals surface area contributed by atoms with E-state index in [0.717, 1.165) is 17.6 Å². The van der Waals surface area contributed by atoms with Gasteiger partial charge >= 0.3 is 0 Å². The van der Waals surface area contributed by atoms with E-state index >= 15 is 0 Å². The second-order valence-electron chi connectivity index (χ2n) is 7.06. The third kappa shape index (κ3) is 2.52. The molecule has 20 heavy (non-hydrogen) atoms. The second-order valence-corrected chi connectivity index (χ2v) is 7.06. The fourth-order valence-electron chi connectivity index (χ4n) is 3.21. The summed E-state index contributed by atoms with van der Waals surface area (Å²) in [6.07, 6.45) is 12.5. The summed E-state index contributed by atoms with van der Waals surface area (Å²) in [5.74, 6) is 5.04. The van der Waals surface area contributed by atoms with Gasteiger partial charge in [0.1, 0.15) is 0 Å². The molecule has 3 saturated carbocycles. The van der Waals surface area contributed by atoms with E-state index in [4.69, 9.17) is 5.10 Å². The molecule has 0 radical (unpaired) electrons. The van der Waals surface area contributed by atoms with E-state index in [2.05, 4.69) is 28.0 Å². The minimum absolute atomic E-state index is 0.624. The summed E-state index contributed by atoms with van der Waals surface area (Å²) in [4.78, 5) is 0. The normalized spacial score (nSPS) is 31.1. The molecule has 3 aliphatic carbocycles. The lowest BCUT2D eigenvalue weighted by atomic mass is 9.84. The van der Waals surface area contributed by atoms with Gasteiger partial charge in [0.05, 0.1) is 0 Å². The molecule has 4 nitrogen and oxygen atoms in total. The Balaban J connectivity index is 1.53. The summed E-state index contributed by atoms with van der Waals surface area (Å²) in [5.41, 5.74) is 0. The zero-order valence-electron chi connectivity index (χ0n) is 12.3. The number of aromatic nitrogens is 3. The lowest BCUT2D eigenvalue weighted by Crippen LogP contribution is -2.14. The van der Waals surface area contributed by atoms with E-state index in [-0.39, 0.29) is 0 Å². The standard InChI is InChI=1S/C16H24N4/c1-11-2-4-12(5-3-11)10-17-20-15(13-6-7-13)18-19-16(20)14-8-9-14/h10-14H,2-9H2,1H3/b17-10+. The van der Waals surface area contributed by atoms with Crippen molar-refractivity contribution < 1.29 is 0 Å². The molecule has 0 bridgehead atoms. The summed E-state index contributed by atoms with van der Waals surface area (Å²) in [7, 11) is 0. The predicted octanol–water partition coefficient (Wildman–Crippen LogP) is 3.69. The molecular formula is C16H24N4. The Hall–Kier alpha value is -1.19. The van der Waals surface area contributed by atoms with Crippen LogP contribution in [0.25, 0.3) is 0 Å². The summed E-state index contributed by atoms with van der Waals surface area (Å²) in [5, 5.41) is 13.6. The molecular weight excluding hydrogens is 248 g/mol.